The van der Waals surface area contributed by atoms with Crippen LogP contribution in [0.3, 0.4) is 0 Å². The van der Waals surface area contributed by atoms with Crippen LogP contribution < -0.4 is 0 Å². The highest BCUT2D eigenvalue weighted by molar-refractivity contribution is 5.70. The zero-order chi connectivity index (χ0) is 9.26. The fourth-order valence-electron chi connectivity index (χ4n) is 1.44. The molecule has 2 aromatic heterocycles. The van der Waals surface area contributed by atoms with Gasteiger partial charge in [0.25, 0.3) is 0 Å². The Morgan fingerprint density at radius 1 is 1.54 bits per heavy atom. The number of hydrogen-bond acceptors (Lipinski definition) is 3. The molecule has 0 aliphatic rings. The topological polar surface area (TPSA) is 50.9 Å². The number of rotatable bonds is 2. The average molecular weight is 177 g/mol. The predicted octanol–water partition coefficient (Wildman–Crippen LogP) is 0.732. The van der Waals surface area contributed by atoms with Gasteiger partial charge < -0.3 is 9.67 Å². The van der Waals surface area contributed by atoms with Crippen molar-refractivity contribution in [3.8, 4) is 0 Å². The first kappa shape index (κ1) is 8.19. The van der Waals surface area contributed by atoms with E-state index in [9.17, 15) is 0 Å². The molecule has 0 unspecified atom stereocenters. The van der Waals surface area contributed by atoms with E-state index in [1.165, 1.54) is 0 Å². The van der Waals surface area contributed by atoms with Crippen LogP contribution in [0.2, 0.25) is 0 Å². The molecular weight excluding hydrogens is 166 g/mol. The number of pyridine rings is 1. The molecule has 2 rings (SSSR count). The van der Waals surface area contributed by atoms with Crippen LogP contribution in [0.1, 0.15) is 5.82 Å². The summed E-state index contributed by atoms with van der Waals surface area (Å²) in [6.45, 7) is 2.58. The fraction of sp³-hybridized carbons (Fsp3) is 0.333. The number of imidazole rings is 1. The lowest BCUT2D eigenvalue weighted by Gasteiger charge is -2.01. The Bertz CT molecular complexity index is 422. The van der Waals surface area contributed by atoms with E-state index < -0.39 is 0 Å². The summed E-state index contributed by atoms with van der Waals surface area (Å²) in [5, 5.41) is 8.85. The number of aliphatic hydroxyl groups is 1. The molecular formula is C9H11N3O. The van der Waals surface area contributed by atoms with Crippen molar-refractivity contribution in [2.24, 2.45) is 0 Å². The van der Waals surface area contributed by atoms with Crippen molar-refractivity contribution in [1.29, 1.82) is 0 Å². The third kappa shape index (κ3) is 1.29. The molecule has 13 heavy (non-hydrogen) atoms. The van der Waals surface area contributed by atoms with Gasteiger partial charge in [-0.2, -0.15) is 0 Å². The first-order valence-electron chi connectivity index (χ1n) is 4.21. The van der Waals surface area contributed by atoms with Crippen LogP contribution in [-0.2, 0) is 6.54 Å². The number of aromatic nitrogens is 3. The van der Waals surface area contributed by atoms with Gasteiger partial charge in [-0.25, -0.2) is 9.97 Å². The molecule has 0 aliphatic carbocycles. The van der Waals surface area contributed by atoms with Gasteiger partial charge in [0.2, 0.25) is 0 Å². The van der Waals surface area contributed by atoms with Crippen molar-refractivity contribution >= 4 is 11.2 Å². The van der Waals surface area contributed by atoms with Gasteiger partial charge in [-0.3, -0.25) is 0 Å². The molecule has 0 saturated heterocycles. The number of fused-ring (bicyclic) bond motifs is 1. The summed E-state index contributed by atoms with van der Waals surface area (Å²) in [6.07, 6.45) is 1.73. The summed E-state index contributed by atoms with van der Waals surface area (Å²) < 4.78 is 1.91. The molecule has 4 heteroatoms. The Kier molecular flexibility index (Phi) is 1.98. The molecule has 0 radical (unpaired) electrons. The molecule has 4 nitrogen and oxygen atoms in total. The largest absolute Gasteiger partial charge is 0.395 e. The Balaban J connectivity index is 2.64. The van der Waals surface area contributed by atoms with Gasteiger partial charge in [0, 0.05) is 12.7 Å². The highest BCUT2D eigenvalue weighted by Gasteiger charge is 2.05. The number of aliphatic hydroxyl groups excluding tert-OH is 1. The van der Waals surface area contributed by atoms with Gasteiger partial charge in [0.15, 0.2) is 5.65 Å². The maximum absolute atomic E-state index is 8.85. The highest BCUT2D eigenvalue weighted by atomic mass is 16.3. The maximum Gasteiger partial charge on any atom is 0.160 e. The zero-order valence-electron chi connectivity index (χ0n) is 7.44. The fourth-order valence-corrected chi connectivity index (χ4v) is 1.44. The Morgan fingerprint density at radius 2 is 2.38 bits per heavy atom. The van der Waals surface area contributed by atoms with Crippen molar-refractivity contribution in [3.05, 3.63) is 24.2 Å². The van der Waals surface area contributed by atoms with Crippen LogP contribution in [-0.4, -0.2) is 26.2 Å². The van der Waals surface area contributed by atoms with Crippen LogP contribution in [0.5, 0.6) is 0 Å². The van der Waals surface area contributed by atoms with E-state index in [2.05, 4.69) is 9.97 Å². The predicted molar refractivity (Wildman–Crippen MR) is 49.4 cm³/mol. The van der Waals surface area contributed by atoms with Gasteiger partial charge in [-0.05, 0) is 19.1 Å². The van der Waals surface area contributed by atoms with Gasteiger partial charge in [0.05, 0.1) is 6.61 Å². The van der Waals surface area contributed by atoms with Crippen LogP contribution in [0.15, 0.2) is 18.3 Å². The first-order valence-corrected chi connectivity index (χ1v) is 4.21. The van der Waals surface area contributed by atoms with Crippen molar-refractivity contribution in [2.75, 3.05) is 6.61 Å². The second kappa shape index (κ2) is 3.14. The normalized spacial score (nSPS) is 10.9. The van der Waals surface area contributed by atoms with Crippen LogP contribution in [0.4, 0.5) is 0 Å². The molecule has 0 bridgehead atoms. The lowest BCUT2D eigenvalue weighted by Crippen LogP contribution is -2.04. The Labute approximate surface area is 75.9 Å². The van der Waals surface area contributed by atoms with Crippen molar-refractivity contribution in [3.63, 3.8) is 0 Å². The van der Waals surface area contributed by atoms with Crippen molar-refractivity contribution in [1.82, 2.24) is 14.5 Å². The summed E-state index contributed by atoms with van der Waals surface area (Å²) in [6, 6.07) is 3.78. The van der Waals surface area contributed by atoms with E-state index in [0.717, 1.165) is 17.0 Å². The summed E-state index contributed by atoms with van der Waals surface area (Å²) in [7, 11) is 0. The van der Waals surface area contributed by atoms with E-state index in [4.69, 9.17) is 5.11 Å². The zero-order valence-corrected chi connectivity index (χ0v) is 7.44. The van der Waals surface area contributed by atoms with Crippen molar-refractivity contribution in [2.45, 2.75) is 13.5 Å². The minimum absolute atomic E-state index is 0.114. The summed E-state index contributed by atoms with van der Waals surface area (Å²) >= 11 is 0. The Morgan fingerprint density at radius 3 is 3.15 bits per heavy atom. The quantitative estimate of drug-likeness (QED) is 0.735. The van der Waals surface area contributed by atoms with Gasteiger partial charge in [-0.15, -0.1) is 0 Å². The molecule has 1 N–H and O–H groups in total. The van der Waals surface area contributed by atoms with Crippen LogP contribution >= 0.6 is 0 Å². The van der Waals surface area contributed by atoms with Crippen molar-refractivity contribution < 1.29 is 5.11 Å². The summed E-state index contributed by atoms with van der Waals surface area (Å²) in [5.74, 6) is 0.891. The smallest absolute Gasteiger partial charge is 0.160 e. The Hall–Kier alpha value is -1.42. The second-order valence-electron chi connectivity index (χ2n) is 2.88. The second-order valence-corrected chi connectivity index (χ2v) is 2.88. The molecule has 0 amide bonds. The molecule has 0 aromatic carbocycles. The van der Waals surface area contributed by atoms with Crippen LogP contribution in [0, 0.1) is 6.92 Å². The number of nitrogens with zero attached hydrogens (tertiary/aromatic N) is 3. The lowest BCUT2D eigenvalue weighted by atomic mass is 10.4. The average Bonchev–Trinajstić information content (AvgIpc) is 2.44. The minimum Gasteiger partial charge on any atom is -0.395 e. The maximum atomic E-state index is 8.85. The number of aryl methyl sites for hydroxylation is 1. The van der Waals surface area contributed by atoms with Crippen LogP contribution in [0.25, 0.3) is 11.2 Å². The van der Waals surface area contributed by atoms with E-state index >= 15 is 0 Å². The first-order chi connectivity index (χ1) is 6.33. The van der Waals surface area contributed by atoms with Gasteiger partial charge in [0.1, 0.15) is 11.3 Å². The van der Waals surface area contributed by atoms with Gasteiger partial charge in [-0.1, -0.05) is 0 Å². The molecule has 0 spiro atoms. The molecule has 2 aromatic rings. The molecule has 0 saturated carbocycles. The third-order valence-corrected chi connectivity index (χ3v) is 2.02. The molecule has 0 aliphatic heterocycles. The SMILES string of the molecule is Cc1nc2cccnc2n1CCO. The summed E-state index contributed by atoms with van der Waals surface area (Å²) in [5.41, 5.74) is 1.72. The number of hydrogen-bond donors (Lipinski definition) is 1. The monoisotopic (exact) mass is 177 g/mol. The standard InChI is InChI=1S/C9H11N3O/c1-7-11-8-3-2-4-10-9(8)12(7)5-6-13/h2-4,13H,5-6H2,1H3. The third-order valence-electron chi connectivity index (χ3n) is 2.02. The molecule has 0 atom stereocenters. The van der Waals surface area contributed by atoms with E-state index in [1.807, 2.05) is 23.6 Å². The lowest BCUT2D eigenvalue weighted by molar-refractivity contribution is 0.276. The molecule has 68 valence electrons. The molecule has 2 heterocycles. The minimum atomic E-state index is 0.114. The van der Waals surface area contributed by atoms with E-state index in [0.29, 0.717) is 6.54 Å². The van der Waals surface area contributed by atoms with E-state index in [-0.39, 0.29) is 6.61 Å². The van der Waals surface area contributed by atoms with E-state index in [1.54, 1.807) is 6.20 Å². The van der Waals surface area contributed by atoms with Gasteiger partial charge >= 0.3 is 0 Å². The highest BCUT2D eigenvalue weighted by Crippen LogP contribution is 2.11. The summed E-state index contributed by atoms with van der Waals surface area (Å²) in [4.78, 5) is 8.53. The molecule has 0 fully saturated rings.